The molecule has 1 aliphatic rings. The van der Waals surface area contributed by atoms with Gasteiger partial charge in [0, 0.05) is 10.6 Å². The normalized spacial score (nSPS) is 11.4. The van der Waals surface area contributed by atoms with Crippen LogP contribution >= 0.6 is 11.6 Å². The lowest BCUT2D eigenvalue weighted by Gasteiger charge is -2.21. The van der Waals surface area contributed by atoms with E-state index in [1.165, 1.54) is 12.8 Å². The van der Waals surface area contributed by atoms with Crippen LogP contribution in [0.15, 0.2) is 42.5 Å². The smallest absolute Gasteiger partial charge is 0.414 e. The minimum Gasteiger partial charge on any atom is -0.455 e. The summed E-state index contributed by atoms with van der Waals surface area (Å²) in [6, 6.07) is 13.0. The van der Waals surface area contributed by atoms with Gasteiger partial charge in [-0.05, 0) is 30.7 Å². The molecule has 0 aliphatic carbocycles. The Morgan fingerprint density at radius 1 is 0.968 bits per heavy atom. The van der Waals surface area contributed by atoms with Crippen molar-refractivity contribution in [3.05, 3.63) is 53.1 Å². The molecule has 0 spiro atoms. The number of hydrogen-bond acceptors (Lipinski definition) is 3. The summed E-state index contributed by atoms with van der Waals surface area (Å²) in [6.45, 7) is 11.5. The van der Waals surface area contributed by atoms with Crippen LogP contribution in [0.4, 0.5) is 10.5 Å². The fourth-order valence-corrected chi connectivity index (χ4v) is 2.99. The Balaban J connectivity index is 0.000000720. The molecule has 0 fully saturated rings. The van der Waals surface area contributed by atoms with Gasteiger partial charge in [-0.25, -0.2) is 4.79 Å². The molecule has 5 heteroatoms. The summed E-state index contributed by atoms with van der Waals surface area (Å²) in [5.41, 5.74) is 1.56. The Morgan fingerprint density at radius 3 is 2.32 bits per heavy atom. The number of carbonyl (C=O) groups is 1. The fraction of sp³-hybridized carbons (Fsp3) is 0.500. The zero-order valence-corrected chi connectivity index (χ0v) is 20.5. The maximum absolute atomic E-state index is 12.7. The van der Waals surface area contributed by atoms with E-state index in [1.807, 2.05) is 24.3 Å². The molecular formula is C26H38ClNO3. The third-order valence-electron chi connectivity index (χ3n) is 4.18. The summed E-state index contributed by atoms with van der Waals surface area (Å²) < 4.78 is 11.5. The molecule has 1 heterocycles. The van der Waals surface area contributed by atoms with Crippen molar-refractivity contribution in [2.75, 3.05) is 11.5 Å². The summed E-state index contributed by atoms with van der Waals surface area (Å²) in [6.07, 6.45) is 6.38. The predicted octanol–water partition coefficient (Wildman–Crippen LogP) is 9.00. The minimum absolute atomic E-state index is 0.375. The van der Waals surface area contributed by atoms with E-state index >= 15 is 0 Å². The summed E-state index contributed by atoms with van der Waals surface area (Å²) in [4.78, 5) is 14.3. The van der Waals surface area contributed by atoms with Gasteiger partial charge in [-0.2, -0.15) is 0 Å². The van der Waals surface area contributed by atoms with Gasteiger partial charge in [0.1, 0.15) is 5.75 Å². The number of unbranched alkanes of at least 4 members (excludes halogenated alkanes) is 3. The Morgan fingerprint density at radius 2 is 1.65 bits per heavy atom. The molecule has 172 valence electrons. The minimum atomic E-state index is -0.375. The third kappa shape index (κ3) is 9.22. The molecular weight excluding hydrogens is 410 g/mol. The first kappa shape index (κ1) is 26.8. The van der Waals surface area contributed by atoms with E-state index < -0.39 is 0 Å². The average molecular weight is 448 g/mol. The maximum Gasteiger partial charge on any atom is 0.414 e. The van der Waals surface area contributed by atoms with Crippen molar-refractivity contribution in [2.45, 2.75) is 79.7 Å². The van der Waals surface area contributed by atoms with E-state index in [9.17, 15) is 4.79 Å². The SMILES string of the molecule is CCC.CCC.CCCCCCOC(=O)N1Cc2ccccc2Oc2ccc(Cl)cc21. The first-order valence-corrected chi connectivity index (χ1v) is 11.9. The first-order valence-electron chi connectivity index (χ1n) is 11.5. The van der Waals surface area contributed by atoms with Gasteiger partial charge in [-0.1, -0.05) is 96.5 Å². The third-order valence-corrected chi connectivity index (χ3v) is 4.41. The lowest BCUT2D eigenvalue weighted by atomic mass is 10.2. The van der Waals surface area contributed by atoms with Gasteiger partial charge in [0.05, 0.1) is 18.8 Å². The van der Waals surface area contributed by atoms with E-state index in [4.69, 9.17) is 21.1 Å². The molecule has 0 saturated heterocycles. The number of nitrogens with zero attached hydrogens (tertiary/aromatic N) is 1. The van der Waals surface area contributed by atoms with Crippen LogP contribution in [0.2, 0.25) is 5.02 Å². The number of rotatable bonds is 5. The highest BCUT2D eigenvalue weighted by Gasteiger charge is 2.26. The van der Waals surface area contributed by atoms with Gasteiger partial charge >= 0.3 is 6.09 Å². The van der Waals surface area contributed by atoms with Crippen LogP contribution in [-0.4, -0.2) is 12.7 Å². The highest BCUT2D eigenvalue weighted by Crippen LogP contribution is 2.40. The van der Waals surface area contributed by atoms with E-state index in [1.54, 1.807) is 23.1 Å². The van der Waals surface area contributed by atoms with Crippen molar-refractivity contribution >= 4 is 23.4 Å². The Labute approximate surface area is 193 Å². The van der Waals surface area contributed by atoms with Crippen molar-refractivity contribution < 1.29 is 14.3 Å². The molecule has 1 amide bonds. The Kier molecular flexibility index (Phi) is 13.5. The molecule has 0 aromatic heterocycles. The van der Waals surface area contributed by atoms with Gasteiger partial charge in [0.25, 0.3) is 0 Å². The van der Waals surface area contributed by atoms with Crippen molar-refractivity contribution in [1.82, 2.24) is 0 Å². The number of carbonyl (C=O) groups excluding carboxylic acids is 1. The molecule has 4 nitrogen and oxygen atoms in total. The molecule has 1 aliphatic heterocycles. The zero-order valence-electron chi connectivity index (χ0n) is 19.7. The second-order valence-electron chi connectivity index (χ2n) is 7.50. The van der Waals surface area contributed by atoms with E-state index in [-0.39, 0.29) is 6.09 Å². The van der Waals surface area contributed by atoms with E-state index in [0.29, 0.717) is 29.6 Å². The van der Waals surface area contributed by atoms with E-state index in [2.05, 4.69) is 34.6 Å². The second-order valence-corrected chi connectivity index (χ2v) is 7.93. The number of halogens is 1. The topological polar surface area (TPSA) is 38.8 Å². The second kappa shape index (κ2) is 15.6. The number of hydrogen-bond donors (Lipinski definition) is 0. The standard InChI is InChI=1S/C20H22ClNO3.2C3H8/c1-2-3-4-7-12-24-20(23)22-14-15-8-5-6-9-18(15)25-19-11-10-16(21)13-17(19)22;2*1-3-2/h5-6,8-11,13H,2-4,7,12,14H2,1H3;2*3H2,1-2H3. The molecule has 0 saturated carbocycles. The van der Waals surface area contributed by atoms with Crippen LogP contribution in [-0.2, 0) is 11.3 Å². The number of ether oxygens (including phenoxy) is 2. The molecule has 0 bridgehead atoms. The van der Waals surface area contributed by atoms with Crippen LogP contribution in [0.1, 0.15) is 78.7 Å². The molecule has 3 rings (SSSR count). The number of para-hydroxylation sites is 1. The van der Waals surface area contributed by atoms with Crippen LogP contribution in [0.5, 0.6) is 11.5 Å². The van der Waals surface area contributed by atoms with Gasteiger partial charge in [0.15, 0.2) is 5.75 Å². The number of amides is 1. The molecule has 0 radical (unpaired) electrons. The summed E-state index contributed by atoms with van der Waals surface area (Å²) in [5.74, 6) is 1.33. The zero-order chi connectivity index (χ0) is 23.1. The number of anilines is 1. The highest BCUT2D eigenvalue weighted by molar-refractivity contribution is 6.31. The molecule has 2 aromatic carbocycles. The lowest BCUT2D eigenvalue weighted by molar-refractivity contribution is 0.151. The van der Waals surface area contributed by atoms with Crippen LogP contribution in [0.25, 0.3) is 0 Å². The number of fused-ring (bicyclic) bond motifs is 2. The van der Waals surface area contributed by atoms with E-state index in [0.717, 1.165) is 37.0 Å². The maximum atomic E-state index is 12.7. The Hall–Kier alpha value is -2.20. The molecule has 0 unspecified atom stereocenters. The van der Waals surface area contributed by atoms with Crippen molar-refractivity contribution in [2.24, 2.45) is 0 Å². The average Bonchev–Trinajstić information content (AvgIpc) is 2.91. The molecule has 2 aromatic rings. The first-order chi connectivity index (χ1) is 15.0. The van der Waals surface area contributed by atoms with Crippen LogP contribution in [0.3, 0.4) is 0 Å². The van der Waals surface area contributed by atoms with Crippen LogP contribution in [0, 0.1) is 0 Å². The van der Waals surface area contributed by atoms with Crippen molar-refractivity contribution in [3.63, 3.8) is 0 Å². The molecule has 0 atom stereocenters. The largest absolute Gasteiger partial charge is 0.455 e. The predicted molar refractivity (Wildman–Crippen MR) is 132 cm³/mol. The molecule has 0 N–H and O–H groups in total. The highest BCUT2D eigenvalue weighted by atomic mass is 35.5. The quantitative estimate of drug-likeness (QED) is 0.429. The fourth-order valence-electron chi connectivity index (χ4n) is 2.82. The van der Waals surface area contributed by atoms with Gasteiger partial charge < -0.3 is 9.47 Å². The van der Waals surface area contributed by atoms with Crippen molar-refractivity contribution in [3.8, 4) is 11.5 Å². The monoisotopic (exact) mass is 447 g/mol. The van der Waals surface area contributed by atoms with Gasteiger partial charge in [-0.3, -0.25) is 4.90 Å². The Bertz CT molecular complexity index is 777. The van der Waals surface area contributed by atoms with Gasteiger partial charge in [0.2, 0.25) is 0 Å². The lowest BCUT2D eigenvalue weighted by Crippen LogP contribution is -2.30. The summed E-state index contributed by atoms with van der Waals surface area (Å²) in [5, 5.41) is 0.550. The summed E-state index contributed by atoms with van der Waals surface area (Å²) in [7, 11) is 0. The van der Waals surface area contributed by atoms with Crippen molar-refractivity contribution in [1.29, 1.82) is 0 Å². The molecule has 31 heavy (non-hydrogen) atoms. The summed E-state index contributed by atoms with van der Waals surface area (Å²) >= 11 is 6.14. The number of benzene rings is 2. The van der Waals surface area contributed by atoms with Gasteiger partial charge in [-0.15, -0.1) is 0 Å². The van der Waals surface area contributed by atoms with Crippen LogP contribution < -0.4 is 9.64 Å².